The van der Waals surface area contributed by atoms with Crippen molar-refractivity contribution in [1.82, 2.24) is 10.3 Å². The second kappa shape index (κ2) is 6.13. The maximum absolute atomic E-state index is 13.2. The summed E-state index contributed by atoms with van der Waals surface area (Å²) >= 11 is 3.08. The number of nitrogens with two attached hydrogens (primary N) is 1. The molecule has 22 heavy (non-hydrogen) atoms. The van der Waals surface area contributed by atoms with E-state index in [1.54, 1.807) is 0 Å². The van der Waals surface area contributed by atoms with E-state index in [0.29, 0.717) is 23.0 Å². The van der Waals surface area contributed by atoms with Crippen LogP contribution in [0.15, 0.2) is 32.3 Å². The fourth-order valence-electron chi connectivity index (χ4n) is 1.87. The van der Waals surface area contributed by atoms with Crippen LogP contribution in [0.4, 0.5) is 15.9 Å². The molecule has 3 N–H and O–H groups in total. The topological polar surface area (TPSA) is 106 Å². The number of aromatic nitrogens is 2. The van der Waals surface area contributed by atoms with Crippen LogP contribution in [0, 0.1) is 5.82 Å². The van der Waals surface area contributed by atoms with Crippen molar-refractivity contribution in [3.63, 3.8) is 0 Å². The largest absolute Gasteiger partial charge is 0.382 e. The summed E-state index contributed by atoms with van der Waals surface area (Å²) in [6.45, 7) is 0. The summed E-state index contributed by atoms with van der Waals surface area (Å²) in [5.74, 6) is 1.15. The van der Waals surface area contributed by atoms with Crippen LogP contribution in [0.2, 0.25) is 0 Å². The molecule has 0 unspecified atom stereocenters. The lowest BCUT2D eigenvalue weighted by molar-refractivity contribution is 0.307. The lowest BCUT2D eigenvalue weighted by atomic mass is 10.3. The van der Waals surface area contributed by atoms with Gasteiger partial charge >= 0.3 is 0 Å². The SMILES string of the molecule is NC(=Nc1ccc(F)c(Br)c1)c1nonc1NC1CS(=O)C1. The summed E-state index contributed by atoms with van der Waals surface area (Å²) in [4.78, 5) is 4.17. The highest BCUT2D eigenvalue weighted by Crippen LogP contribution is 2.23. The first-order chi connectivity index (χ1) is 10.5. The third kappa shape index (κ3) is 3.17. The van der Waals surface area contributed by atoms with Gasteiger partial charge in [-0.3, -0.25) is 4.21 Å². The average Bonchev–Trinajstić information content (AvgIpc) is 2.89. The average molecular weight is 388 g/mol. The molecule has 1 aromatic heterocycles. The smallest absolute Gasteiger partial charge is 0.202 e. The van der Waals surface area contributed by atoms with Gasteiger partial charge < -0.3 is 11.1 Å². The number of anilines is 1. The van der Waals surface area contributed by atoms with Crippen LogP contribution in [0.5, 0.6) is 0 Å². The van der Waals surface area contributed by atoms with Crippen molar-refractivity contribution in [3.05, 3.63) is 34.2 Å². The maximum Gasteiger partial charge on any atom is 0.202 e. The summed E-state index contributed by atoms with van der Waals surface area (Å²) in [5, 5.41) is 10.5. The molecular formula is C12H11BrFN5O2S. The van der Waals surface area contributed by atoms with E-state index in [1.165, 1.54) is 18.2 Å². The van der Waals surface area contributed by atoms with E-state index < -0.39 is 10.8 Å². The van der Waals surface area contributed by atoms with Crippen molar-refractivity contribution < 1.29 is 13.2 Å². The van der Waals surface area contributed by atoms with Gasteiger partial charge in [-0.25, -0.2) is 14.0 Å². The molecular weight excluding hydrogens is 377 g/mol. The van der Waals surface area contributed by atoms with Gasteiger partial charge in [-0.05, 0) is 44.4 Å². The molecule has 2 aromatic rings. The first-order valence-electron chi connectivity index (χ1n) is 6.26. The maximum atomic E-state index is 13.2. The number of rotatable bonds is 4. The van der Waals surface area contributed by atoms with Gasteiger partial charge in [-0.1, -0.05) is 0 Å². The molecule has 3 rings (SSSR count). The minimum Gasteiger partial charge on any atom is -0.382 e. The molecule has 1 fully saturated rings. The molecule has 1 aromatic carbocycles. The number of halogens is 2. The van der Waals surface area contributed by atoms with Crippen LogP contribution >= 0.6 is 15.9 Å². The second-order valence-electron chi connectivity index (χ2n) is 4.67. The molecule has 1 saturated heterocycles. The van der Waals surface area contributed by atoms with Gasteiger partial charge in [0.2, 0.25) is 5.82 Å². The van der Waals surface area contributed by atoms with Crippen LogP contribution in [-0.4, -0.2) is 37.9 Å². The van der Waals surface area contributed by atoms with Crippen LogP contribution < -0.4 is 11.1 Å². The van der Waals surface area contributed by atoms with Crippen molar-refractivity contribution in [2.24, 2.45) is 10.7 Å². The third-order valence-corrected chi connectivity index (χ3v) is 5.15. The van der Waals surface area contributed by atoms with Gasteiger partial charge in [0.15, 0.2) is 11.5 Å². The molecule has 7 nitrogen and oxygen atoms in total. The van der Waals surface area contributed by atoms with Crippen LogP contribution in [0.3, 0.4) is 0 Å². The molecule has 0 bridgehead atoms. The van der Waals surface area contributed by atoms with Gasteiger partial charge in [0.1, 0.15) is 5.82 Å². The van der Waals surface area contributed by atoms with Crippen LogP contribution in [0.25, 0.3) is 0 Å². The van der Waals surface area contributed by atoms with Crippen LogP contribution in [-0.2, 0) is 10.8 Å². The lowest BCUT2D eigenvalue weighted by Crippen LogP contribution is -2.43. The van der Waals surface area contributed by atoms with Crippen molar-refractivity contribution in [2.45, 2.75) is 6.04 Å². The normalized spacial score (nSPS) is 21.5. The Morgan fingerprint density at radius 1 is 1.50 bits per heavy atom. The molecule has 0 atom stereocenters. The molecule has 0 amide bonds. The zero-order valence-corrected chi connectivity index (χ0v) is 13.5. The standard InChI is InChI=1S/C12H11BrFN5O2S/c13-8-3-6(1-2-9(8)14)16-11(15)10-12(19-21-18-10)17-7-4-22(20)5-7/h1-3,7H,4-5H2,(H2,15,16)(H,17,19). The highest BCUT2D eigenvalue weighted by molar-refractivity contribution is 9.10. The molecule has 1 aliphatic rings. The number of hydrogen-bond acceptors (Lipinski definition) is 6. The van der Waals surface area contributed by atoms with Crippen molar-refractivity contribution in [2.75, 3.05) is 16.8 Å². The summed E-state index contributed by atoms with van der Waals surface area (Å²) in [5.41, 5.74) is 6.63. The molecule has 116 valence electrons. The Labute approximate surface area is 135 Å². The summed E-state index contributed by atoms with van der Waals surface area (Å²) in [6.07, 6.45) is 0. The van der Waals surface area contributed by atoms with Gasteiger partial charge in [-0.2, -0.15) is 0 Å². The van der Waals surface area contributed by atoms with Gasteiger partial charge in [0.05, 0.1) is 16.2 Å². The first kappa shape index (κ1) is 15.1. The quantitative estimate of drug-likeness (QED) is 0.608. The predicted octanol–water partition coefficient (Wildman–Crippen LogP) is 1.55. The van der Waals surface area contributed by atoms with Gasteiger partial charge in [0.25, 0.3) is 0 Å². The number of aliphatic imine (C=N–C) groups is 1. The van der Waals surface area contributed by atoms with E-state index in [9.17, 15) is 8.60 Å². The fourth-order valence-corrected chi connectivity index (χ4v) is 3.21. The predicted molar refractivity (Wildman–Crippen MR) is 84.1 cm³/mol. The Bertz CT molecular complexity index is 758. The minimum absolute atomic E-state index is 0.0549. The summed E-state index contributed by atoms with van der Waals surface area (Å²) in [6, 6.07) is 4.32. The zero-order valence-electron chi connectivity index (χ0n) is 11.1. The number of amidine groups is 1. The third-order valence-electron chi connectivity index (χ3n) is 3.00. The lowest BCUT2D eigenvalue weighted by Gasteiger charge is -2.25. The molecule has 10 heteroatoms. The van der Waals surface area contributed by atoms with Gasteiger partial charge in [0, 0.05) is 22.3 Å². The Balaban J connectivity index is 1.80. The first-order valence-corrected chi connectivity index (χ1v) is 8.54. The zero-order chi connectivity index (χ0) is 15.7. The minimum atomic E-state index is -0.781. The van der Waals surface area contributed by atoms with Crippen molar-refractivity contribution in [1.29, 1.82) is 0 Å². The van der Waals surface area contributed by atoms with E-state index in [0.717, 1.165) is 0 Å². The van der Waals surface area contributed by atoms with Crippen LogP contribution in [0.1, 0.15) is 5.69 Å². The highest BCUT2D eigenvalue weighted by atomic mass is 79.9. The van der Waals surface area contributed by atoms with E-state index in [-0.39, 0.29) is 27.9 Å². The number of nitrogens with one attached hydrogen (secondary N) is 1. The Morgan fingerprint density at radius 2 is 2.27 bits per heavy atom. The van der Waals surface area contributed by atoms with Gasteiger partial charge in [-0.15, -0.1) is 0 Å². The van der Waals surface area contributed by atoms with E-state index in [2.05, 4.69) is 41.2 Å². The Kier molecular flexibility index (Phi) is 4.21. The van der Waals surface area contributed by atoms with Crippen molar-refractivity contribution >= 4 is 44.1 Å². The van der Waals surface area contributed by atoms with E-state index in [4.69, 9.17) is 5.73 Å². The number of hydrogen-bond donors (Lipinski definition) is 2. The molecule has 1 aliphatic heterocycles. The summed E-state index contributed by atoms with van der Waals surface area (Å²) in [7, 11) is -0.781. The second-order valence-corrected chi connectivity index (χ2v) is 7.07. The molecule has 0 spiro atoms. The molecule has 0 aliphatic carbocycles. The van der Waals surface area contributed by atoms with Crippen molar-refractivity contribution in [3.8, 4) is 0 Å². The molecule has 0 saturated carbocycles. The van der Waals surface area contributed by atoms with E-state index >= 15 is 0 Å². The summed E-state index contributed by atoms with van der Waals surface area (Å²) < 4.78 is 29.2. The Morgan fingerprint density at radius 3 is 2.95 bits per heavy atom. The monoisotopic (exact) mass is 387 g/mol. The molecule has 0 radical (unpaired) electrons. The molecule has 2 heterocycles. The fraction of sp³-hybridized carbons (Fsp3) is 0.250. The highest BCUT2D eigenvalue weighted by Gasteiger charge is 2.27. The Hall–Kier alpha value is -1.81. The number of nitrogens with zero attached hydrogens (tertiary/aromatic N) is 3. The van der Waals surface area contributed by atoms with E-state index in [1.807, 2.05) is 0 Å². The number of benzene rings is 1.